The highest BCUT2D eigenvalue weighted by Gasteiger charge is 2.06. The molecule has 1 aromatic heterocycles. The Labute approximate surface area is 120 Å². The maximum Gasteiger partial charge on any atom is 0.251 e. The van der Waals surface area contributed by atoms with E-state index in [9.17, 15) is 4.79 Å². The summed E-state index contributed by atoms with van der Waals surface area (Å²) in [4.78, 5) is 16.1. The van der Waals surface area contributed by atoms with Crippen LogP contribution in [-0.2, 0) is 6.42 Å². The van der Waals surface area contributed by atoms with Gasteiger partial charge in [-0.1, -0.05) is 22.0 Å². The van der Waals surface area contributed by atoms with E-state index in [1.807, 2.05) is 18.2 Å². The van der Waals surface area contributed by atoms with E-state index < -0.39 is 0 Å². The quantitative estimate of drug-likeness (QED) is 0.850. The fourth-order valence-electron chi connectivity index (χ4n) is 1.70. The predicted octanol–water partition coefficient (Wildman–Crippen LogP) is 2.40. The largest absolute Gasteiger partial charge is 0.399 e. The van der Waals surface area contributed by atoms with Crippen LogP contribution in [0, 0.1) is 0 Å². The molecular formula is C14H14BrN3O. The van der Waals surface area contributed by atoms with Gasteiger partial charge in [-0.2, -0.15) is 0 Å². The first-order chi connectivity index (χ1) is 9.15. The van der Waals surface area contributed by atoms with E-state index in [2.05, 4.69) is 26.2 Å². The molecule has 19 heavy (non-hydrogen) atoms. The van der Waals surface area contributed by atoms with Crippen molar-refractivity contribution in [2.45, 2.75) is 6.42 Å². The number of nitrogens with two attached hydrogens (primary N) is 1. The predicted molar refractivity (Wildman–Crippen MR) is 78.8 cm³/mol. The maximum atomic E-state index is 11.9. The Hall–Kier alpha value is -1.88. The third kappa shape index (κ3) is 4.06. The Bertz CT molecular complexity index is 552. The van der Waals surface area contributed by atoms with Crippen molar-refractivity contribution < 1.29 is 4.79 Å². The molecule has 1 amide bonds. The van der Waals surface area contributed by atoms with Crippen molar-refractivity contribution in [1.29, 1.82) is 0 Å². The van der Waals surface area contributed by atoms with Crippen LogP contribution in [0.1, 0.15) is 16.1 Å². The standard InChI is InChI=1S/C14H14BrN3O/c15-11-7-10(8-12(16)9-11)14(19)18-6-4-13-3-1-2-5-17-13/h1-3,5,7-9H,4,6,16H2,(H,18,19). The molecule has 98 valence electrons. The highest BCUT2D eigenvalue weighted by Crippen LogP contribution is 2.17. The summed E-state index contributed by atoms with van der Waals surface area (Å²) in [5.74, 6) is -0.135. The molecule has 0 atom stereocenters. The molecule has 2 rings (SSSR count). The van der Waals surface area contributed by atoms with E-state index in [-0.39, 0.29) is 5.91 Å². The summed E-state index contributed by atoms with van der Waals surface area (Å²) in [6, 6.07) is 10.9. The van der Waals surface area contributed by atoms with Gasteiger partial charge in [0.2, 0.25) is 0 Å². The summed E-state index contributed by atoms with van der Waals surface area (Å²) in [6.07, 6.45) is 2.45. The van der Waals surface area contributed by atoms with Gasteiger partial charge in [0.25, 0.3) is 5.91 Å². The number of anilines is 1. The van der Waals surface area contributed by atoms with Gasteiger partial charge in [-0.05, 0) is 30.3 Å². The van der Waals surface area contributed by atoms with Gasteiger partial charge in [-0.15, -0.1) is 0 Å². The molecule has 3 N–H and O–H groups in total. The van der Waals surface area contributed by atoms with Crippen LogP contribution < -0.4 is 11.1 Å². The van der Waals surface area contributed by atoms with Crippen LogP contribution in [0.25, 0.3) is 0 Å². The molecule has 0 radical (unpaired) electrons. The second-order valence-corrected chi connectivity index (χ2v) is 5.02. The molecule has 1 aromatic carbocycles. The van der Waals surface area contributed by atoms with Crippen molar-refractivity contribution in [3.63, 3.8) is 0 Å². The molecule has 5 heteroatoms. The molecule has 0 saturated heterocycles. The zero-order chi connectivity index (χ0) is 13.7. The number of carbonyl (C=O) groups excluding carboxylic acids is 1. The number of carbonyl (C=O) groups is 1. The lowest BCUT2D eigenvalue weighted by Crippen LogP contribution is -2.26. The molecule has 2 aromatic rings. The van der Waals surface area contributed by atoms with Crippen molar-refractivity contribution in [2.75, 3.05) is 12.3 Å². The molecule has 0 aliphatic heterocycles. The number of benzene rings is 1. The fourth-order valence-corrected chi connectivity index (χ4v) is 2.21. The summed E-state index contributed by atoms with van der Waals surface area (Å²) in [5.41, 5.74) is 7.76. The summed E-state index contributed by atoms with van der Waals surface area (Å²) in [5, 5.41) is 2.85. The molecule has 0 unspecified atom stereocenters. The van der Waals surface area contributed by atoms with Crippen LogP contribution in [0.4, 0.5) is 5.69 Å². The Morgan fingerprint density at radius 3 is 2.84 bits per heavy atom. The Balaban J connectivity index is 1.91. The van der Waals surface area contributed by atoms with Gasteiger partial charge in [-0.3, -0.25) is 9.78 Å². The number of pyridine rings is 1. The van der Waals surface area contributed by atoms with E-state index >= 15 is 0 Å². The van der Waals surface area contributed by atoms with E-state index in [1.54, 1.807) is 24.4 Å². The summed E-state index contributed by atoms with van der Waals surface area (Å²) >= 11 is 3.32. The van der Waals surface area contributed by atoms with Gasteiger partial charge >= 0.3 is 0 Å². The van der Waals surface area contributed by atoms with Gasteiger partial charge < -0.3 is 11.1 Å². The van der Waals surface area contributed by atoms with Crippen molar-refractivity contribution in [3.8, 4) is 0 Å². The maximum absolute atomic E-state index is 11.9. The topological polar surface area (TPSA) is 68.0 Å². The second kappa shape index (κ2) is 6.33. The summed E-state index contributed by atoms with van der Waals surface area (Å²) in [6.45, 7) is 0.544. The van der Waals surface area contributed by atoms with Crippen LogP contribution in [0.5, 0.6) is 0 Å². The van der Waals surface area contributed by atoms with Gasteiger partial charge in [-0.25, -0.2) is 0 Å². The Morgan fingerprint density at radius 1 is 1.32 bits per heavy atom. The average molecular weight is 320 g/mol. The number of nitrogen functional groups attached to an aromatic ring is 1. The van der Waals surface area contributed by atoms with E-state index in [4.69, 9.17) is 5.73 Å². The average Bonchev–Trinajstić information content (AvgIpc) is 2.38. The second-order valence-electron chi connectivity index (χ2n) is 4.10. The summed E-state index contributed by atoms with van der Waals surface area (Å²) in [7, 11) is 0. The fraction of sp³-hybridized carbons (Fsp3) is 0.143. The Morgan fingerprint density at radius 2 is 2.16 bits per heavy atom. The van der Waals surface area contributed by atoms with E-state index in [0.29, 0.717) is 24.2 Å². The zero-order valence-electron chi connectivity index (χ0n) is 10.3. The molecule has 0 spiro atoms. The number of nitrogens with one attached hydrogen (secondary N) is 1. The number of hydrogen-bond acceptors (Lipinski definition) is 3. The molecule has 0 fully saturated rings. The first-order valence-corrected chi connectivity index (χ1v) is 6.68. The molecule has 0 bridgehead atoms. The number of hydrogen-bond donors (Lipinski definition) is 2. The lowest BCUT2D eigenvalue weighted by atomic mass is 10.2. The first kappa shape index (κ1) is 13.5. The number of nitrogens with zero attached hydrogens (tertiary/aromatic N) is 1. The number of rotatable bonds is 4. The van der Waals surface area contributed by atoms with Gasteiger partial charge in [0.05, 0.1) is 0 Å². The minimum absolute atomic E-state index is 0.135. The smallest absolute Gasteiger partial charge is 0.251 e. The van der Waals surface area contributed by atoms with Crippen molar-refractivity contribution in [1.82, 2.24) is 10.3 Å². The highest BCUT2D eigenvalue weighted by atomic mass is 79.9. The minimum Gasteiger partial charge on any atom is -0.399 e. The van der Waals surface area contributed by atoms with Gasteiger partial charge in [0.15, 0.2) is 0 Å². The molecule has 4 nitrogen and oxygen atoms in total. The van der Waals surface area contributed by atoms with Crippen molar-refractivity contribution in [3.05, 3.63) is 58.3 Å². The van der Waals surface area contributed by atoms with Gasteiger partial charge in [0.1, 0.15) is 0 Å². The van der Waals surface area contributed by atoms with Crippen molar-refractivity contribution in [2.24, 2.45) is 0 Å². The third-order valence-corrected chi connectivity index (χ3v) is 3.03. The summed E-state index contributed by atoms with van der Waals surface area (Å²) < 4.78 is 0.794. The first-order valence-electron chi connectivity index (χ1n) is 5.89. The van der Waals surface area contributed by atoms with Crippen molar-refractivity contribution >= 4 is 27.5 Å². The van der Waals surface area contributed by atoms with Crippen LogP contribution in [-0.4, -0.2) is 17.4 Å². The Kier molecular flexibility index (Phi) is 4.52. The molecule has 0 saturated carbocycles. The SMILES string of the molecule is Nc1cc(Br)cc(C(=O)NCCc2ccccn2)c1. The monoisotopic (exact) mass is 319 g/mol. The van der Waals surface area contributed by atoms with Crippen LogP contribution >= 0.6 is 15.9 Å². The minimum atomic E-state index is -0.135. The zero-order valence-corrected chi connectivity index (χ0v) is 11.9. The van der Waals surface area contributed by atoms with Gasteiger partial charge in [0, 0.05) is 40.6 Å². The normalized spacial score (nSPS) is 10.2. The van der Waals surface area contributed by atoms with E-state index in [1.165, 1.54) is 0 Å². The van der Waals surface area contributed by atoms with E-state index in [0.717, 1.165) is 10.2 Å². The highest BCUT2D eigenvalue weighted by molar-refractivity contribution is 9.10. The number of aromatic nitrogens is 1. The van der Waals surface area contributed by atoms with Crippen LogP contribution in [0.3, 0.4) is 0 Å². The lowest BCUT2D eigenvalue weighted by molar-refractivity contribution is 0.0954. The lowest BCUT2D eigenvalue weighted by Gasteiger charge is -2.06. The third-order valence-electron chi connectivity index (χ3n) is 2.58. The molecular weight excluding hydrogens is 306 g/mol. The van der Waals surface area contributed by atoms with Crippen LogP contribution in [0.2, 0.25) is 0 Å². The number of halogens is 1. The molecule has 0 aliphatic carbocycles. The number of amides is 1. The van der Waals surface area contributed by atoms with Crippen LogP contribution in [0.15, 0.2) is 47.1 Å². The molecule has 0 aliphatic rings. The molecule has 1 heterocycles.